The quantitative estimate of drug-likeness (QED) is 0.723. The highest BCUT2D eigenvalue weighted by molar-refractivity contribution is 7.92. The van der Waals surface area contributed by atoms with Crippen molar-refractivity contribution in [3.05, 3.63) is 77.9 Å². The molecular formula is C19H20N4O2S. The summed E-state index contributed by atoms with van der Waals surface area (Å²) in [6.07, 6.45) is 0. The van der Waals surface area contributed by atoms with Gasteiger partial charge in [-0.15, -0.1) is 10.2 Å². The zero-order chi connectivity index (χ0) is 18.6. The van der Waals surface area contributed by atoms with Gasteiger partial charge in [0.25, 0.3) is 10.0 Å². The van der Waals surface area contributed by atoms with E-state index in [-0.39, 0.29) is 10.7 Å². The van der Waals surface area contributed by atoms with E-state index >= 15 is 0 Å². The Morgan fingerprint density at radius 1 is 0.962 bits per heavy atom. The fraction of sp³-hybridized carbons (Fsp3) is 0.158. The van der Waals surface area contributed by atoms with E-state index in [0.717, 1.165) is 11.1 Å². The first-order valence-corrected chi connectivity index (χ1v) is 9.61. The molecule has 6 nitrogen and oxygen atoms in total. The molecule has 1 aromatic heterocycles. The van der Waals surface area contributed by atoms with E-state index in [1.807, 2.05) is 55.3 Å². The smallest absolute Gasteiger partial charge is 0.263 e. The summed E-state index contributed by atoms with van der Waals surface area (Å²) in [4.78, 5) is 2.14. The zero-order valence-corrected chi connectivity index (χ0v) is 15.4. The molecule has 0 spiro atoms. The maximum Gasteiger partial charge on any atom is 0.263 e. The van der Waals surface area contributed by atoms with Crippen molar-refractivity contribution < 1.29 is 8.42 Å². The van der Waals surface area contributed by atoms with Gasteiger partial charge in [-0.1, -0.05) is 42.5 Å². The van der Waals surface area contributed by atoms with Crippen molar-refractivity contribution >= 4 is 21.7 Å². The summed E-state index contributed by atoms with van der Waals surface area (Å²) in [5.74, 6) is 0.843. The van der Waals surface area contributed by atoms with Crippen LogP contribution >= 0.6 is 0 Å². The standard InChI is InChI=1S/C19H20N4O2S/c1-15-7-6-10-17(13-15)26(24,25)22-18-11-12-19(21-20-18)23(2)14-16-8-4-3-5-9-16/h3-13H,14H2,1-2H3,(H,20,22). The van der Waals surface area contributed by atoms with Crippen LogP contribution in [-0.2, 0) is 16.6 Å². The Bertz CT molecular complexity index is 974. The van der Waals surface area contributed by atoms with Gasteiger partial charge in [0.2, 0.25) is 0 Å². The van der Waals surface area contributed by atoms with Crippen molar-refractivity contribution in [2.24, 2.45) is 0 Å². The normalized spacial score (nSPS) is 11.2. The average molecular weight is 368 g/mol. The topological polar surface area (TPSA) is 75.2 Å². The molecule has 1 heterocycles. The van der Waals surface area contributed by atoms with E-state index in [1.54, 1.807) is 30.3 Å². The molecule has 7 heteroatoms. The van der Waals surface area contributed by atoms with Crippen LogP contribution in [0.2, 0.25) is 0 Å². The number of hydrogen-bond acceptors (Lipinski definition) is 5. The maximum atomic E-state index is 12.4. The van der Waals surface area contributed by atoms with Crippen molar-refractivity contribution in [3.8, 4) is 0 Å². The lowest BCUT2D eigenvalue weighted by atomic mass is 10.2. The molecule has 0 aliphatic heterocycles. The molecule has 2 aromatic carbocycles. The minimum atomic E-state index is -3.68. The Kier molecular flexibility index (Phi) is 5.18. The van der Waals surface area contributed by atoms with E-state index < -0.39 is 10.0 Å². The van der Waals surface area contributed by atoms with E-state index in [4.69, 9.17) is 0 Å². The Morgan fingerprint density at radius 2 is 1.73 bits per heavy atom. The van der Waals surface area contributed by atoms with E-state index in [9.17, 15) is 8.42 Å². The summed E-state index contributed by atoms with van der Waals surface area (Å²) in [5.41, 5.74) is 2.03. The van der Waals surface area contributed by atoms with Crippen LogP contribution < -0.4 is 9.62 Å². The van der Waals surface area contributed by atoms with Gasteiger partial charge in [0, 0.05) is 13.6 Å². The lowest BCUT2D eigenvalue weighted by molar-refractivity contribution is 0.601. The summed E-state index contributed by atoms with van der Waals surface area (Å²) in [7, 11) is -1.77. The van der Waals surface area contributed by atoms with Crippen molar-refractivity contribution in [2.75, 3.05) is 16.7 Å². The SMILES string of the molecule is Cc1cccc(S(=O)(=O)Nc2ccc(N(C)Cc3ccccc3)nn2)c1. The molecule has 1 N–H and O–H groups in total. The van der Waals surface area contributed by atoms with Crippen LogP contribution in [0.5, 0.6) is 0 Å². The monoisotopic (exact) mass is 368 g/mol. The lowest BCUT2D eigenvalue weighted by Gasteiger charge is -2.17. The summed E-state index contributed by atoms with van der Waals surface area (Å²) < 4.78 is 27.3. The lowest BCUT2D eigenvalue weighted by Crippen LogP contribution is -2.19. The molecular weight excluding hydrogens is 348 g/mol. The van der Waals surface area contributed by atoms with Gasteiger partial charge in [-0.2, -0.15) is 0 Å². The molecule has 3 aromatic rings. The average Bonchev–Trinajstić information content (AvgIpc) is 2.63. The number of nitrogens with one attached hydrogen (secondary N) is 1. The third kappa shape index (κ3) is 4.37. The first kappa shape index (κ1) is 17.9. The Morgan fingerprint density at radius 3 is 2.38 bits per heavy atom. The molecule has 0 unspecified atom stereocenters. The molecule has 0 aliphatic rings. The van der Waals surface area contributed by atoms with Crippen LogP contribution in [0.4, 0.5) is 11.6 Å². The molecule has 3 rings (SSSR count). The summed E-state index contributed by atoms with van der Waals surface area (Å²) in [5, 5.41) is 8.11. The second-order valence-corrected chi connectivity index (χ2v) is 7.72. The van der Waals surface area contributed by atoms with Gasteiger partial charge in [-0.25, -0.2) is 8.42 Å². The summed E-state index contributed by atoms with van der Waals surface area (Å²) in [6.45, 7) is 2.53. The van der Waals surface area contributed by atoms with Crippen LogP contribution in [0, 0.1) is 6.92 Å². The molecule has 0 fully saturated rings. The van der Waals surface area contributed by atoms with Crippen LogP contribution in [0.15, 0.2) is 71.6 Å². The number of benzene rings is 2. The number of anilines is 2. The minimum Gasteiger partial charge on any atom is -0.354 e. The highest BCUT2D eigenvalue weighted by Crippen LogP contribution is 2.17. The van der Waals surface area contributed by atoms with Gasteiger partial charge in [0.1, 0.15) is 0 Å². The van der Waals surface area contributed by atoms with Gasteiger partial charge in [-0.05, 0) is 42.3 Å². The number of nitrogens with zero attached hydrogens (tertiary/aromatic N) is 3. The summed E-state index contributed by atoms with van der Waals surface area (Å²) in [6, 6.07) is 20.1. The first-order valence-electron chi connectivity index (χ1n) is 8.12. The third-order valence-electron chi connectivity index (χ3n) is 3.84. The second kappa shape index (κ2) is 7.53. The predicted octanol–water partition coefficient (Wildman–Crippen LogP) is 3.22. The number of hydrogen-bond donors (Lipinski definition) is 1. The van der Waals surface area contributed by atoms with Crippen molar-refractivity contribution in [1.29, 1.82) is 0 Å². The number of aryl methyl sites for hydroxylation is 1. The van der Waals surface area contributed by atoms with Crippen LogP contribution in [-0.4, -0.2) is 25.7 Å². The minimum absolute atomic E-state index is 0.184. The Balaban J connectivity index is 1.71. The molecule has 0 aliphatic carbocycles. The van der Waals surface area contributed by atoms with Gasteiger partial charge in [-0.3, -0.25) is 4.72 Å². The number of aromatic nitrogens is 2. The number of sulfonamides is 1. The van der Waals surface area contributed by atoms with Crippen LogP contribution in [0.25, 0.3) is 0 Å². The van der Waals surface area contributed by atoms with Gasteiger partial charge < -0.3 is 4.90 Å². The fourth-order valence-electron chi connectivity index (χ4n) is 2.50. The van der Waals surface area contributed by atoms with Gasteiger partial charge in [0.15, 0.2) is 11.6 Å². The van der Waals surface area contributed by atoms with Crippen molar-refractivity contribution in [1.82, 2.24) is 10.2 Å². The van der Waals surface area contributed by atoms with E-state index in [1.165, 1.54) is 0 Å². The fourth-order valence-corrected chi connectivity index (χ4v) is 3.60. The highest BCUT2D eigenvalue weighted by atomic mass is 32.2. The second-order valence-electron chi connectivity index (χ2n) is 6.04. The molecule has 0 saturated heterocycles. The molecule has 0 atom stereocenters. The number of rotatable bonds is 6. The molecule has 26 heavy (non-hydrogen) atoms. The summed E-state index contributed by atoms with van der Waals surface area (Å²) >= 11 is 0. The van der Waals surface area contributed by atoms with E-state index in [0.29, 0.717) is 12.4 Å². The first-order chi connectivity index (χ1) is 12.4. The highest BCUT2D eigenvalue weighted by Gasteiger charge is 2.15. The van der Waals surface area contributed by atoms with Crippen LogP contribution in [0.3, 0.4) is 0 Å². The van der Waals surface area contributed by atoms with Crippen molar-refractivity contribution in [2.45, 2.75) is 18.4 Å². The predicted molar refractivity (Wildman–Crippen MR) is 103 cm³/mol. The largest absolute Gasteiger partial charge is 0.354 e. The van der Waals surface area contributed by atoms with Crippen LogP contribution in [0.1, 0.15) is 11.1 Å². The molecule has 0 bridgehead atoms. The third-order valence-corrected chi connectivity index (χ3v) is 5.20. The van der Waals surface area contributed by atoms with Gasteiger partial charge >= 0.3 is 0 Å². The molecule has 0 radical (unpaired) electrons. The molecule has 0 saturated carbocycles. The maximum absolute atomic E-state index is 12.4. The Hall–Kier alpha value is -2.93. The van der Waals surface area contributed by atoms with Gasteiger partial charge in [0.05, 0.1) is 4.90 Å². The molecule has 0 amide bonds. The Labute approximate surface area is 153 Å². The zero-order valence-electron chi connectivity index (χ0n) is 14.6. The van der Waals surface area contributed by atoms with Crippen molar-refractivity contribution in [3.63, 3.8) is 0 Å². The van der Waals surface area contributed by atoms with E-state index in [2.05, 4.69) is 14.9 Å². The molecule has 134 valence electrons.